The number of aryl methyl sites for hydroxylation is 2. The van der Waals surface area contributed by atoms with Crippen LogP contribution < -0.4 is 9.47 Å². The van der Waals surface area contributed by atoms with Crippen LogP contribution in [0.2, 0.25) is 0 Å². The van der Waals surface area contributed by atoms with E-state index in [0.29, 0.717) is 12.5 Å². The zero-order chi connectivity index (χ0) is 23.2. The summed E-state index contributed by atoms with van der Waals surface area (Å²) in [6.07, 6.45) is 3.11. The Bertz CT molecular complexity index is 1370. The van der Waals surface area contributed by atoms with Crippen molar-refractivity contribution in [2.45, 2.75) is 39.2 Å². The summed E-state index contributed by atoms with van der Waals surface area (Å²) < 4.78 is 26.4. The quantitative estimate of drug-likeness (QED) is 0.432. The van der Waals surface area contributed by atoms with E-state index in [1.165, 1.54) is 17.3 Å². The van der Waals surface area contributed by atoms with Crippen LogP contribution in [0.15, 0.2) is 42.5 Å². The highest BCUT2D eigenvalue weighted by atomic mass is 19.1. The Morgan fingerprint density at radius 3 is 2.91 bits per heavy atom. The Kier molecular flexibility index (Phi) is 5.41. The number of aromatic nitrogens is 2. The maximum absolute atomic E-state index is 13.9. The zero-order valence-electron chi connectivity index (χ0n) is 19.7. The first-order valence-electron chi connectivity index (χ1n) is 12.3. The largest absolute Gasteiger partial charge is 0.486 e. The average Bonchev–Trinajstić information content (AvgIpc) is 3.20. The summed E-state index contributed by atoms with van der Waals surface area (Å²) in [7, 11) is 0. The second-order valence-electron chi connectivity index (χ2n) is 9.70. The molecule has 1 aliphatic carbocycles. The fourth-order valence-electron chi connectivity index (χ4n) is 5.57. The van der Waals surface area contributed by atoms with Gasteiger partial charge in [-0.15, -0.1) is 0 Å². The predicted molar refractivity (Wildman–Crippen MR) is 132 cm³/mol. The van der Waals surface area contributed by atoms with E-state index < -0.39 is 0 Å². The van der Waals surface area contributed by atoms with E-state index in [0.717, 1.165) is 77.9 Å². The van der Waals surface area contributed by atoms with Gasteiger partial charge < -0.3 is 14.5 Å². The summed E-state index contributed by atoms with van der Waals surface area (Å²) in [5.41, 5.74) is 5.54. The van der Waals surface area contributed by atoms with Gasteiger partial charge in [0.1, 0.15) is 18.5 Å². The summed E-state index contributed by atoms with van der Waals surface area (Å²) in [4.78, 5) is 10.6. The molecule has 6 heteroatoms. The van der Waals surface area contributed by atoms with Gasteiger partial charge in [-0.25, -0.2) is 4.39 Å². The summed E-state index contributed by atoms with van der Waals surface area (Å²) in [6.45, 7) is 7.52. The molecule has 34 heavy (non-hydrogen) atoms. The number of likely N-dealkylation sites (N-methyl/N-ethyl adjacent to an activating group) is 1. The lowest BCUT2D eigenvalue weighted by Crippen LogP contribution is -2.43. The number of hydrogen-bond donors (Lipinski definition) is 1. The second-order valence-corrected chi connectivity index (χ2v) is 9.70. The van der Waals surface area contributed by atoms with Crippen molar-refractivity contribution >= 4 is 21.8 Å². The number of ether oxygens (including phenoxy) is 2. The van der Waals surface area contributed by atoms with Gasteiger partial charge in [-0.2, -0.15) is 0 Å². The van der Waals surface area contributed by atoms with Crippen LogP contribution in [-0.2, 0) is 12.8 Å². The van der Waals surface area contributed by atoms with Gasteiger partial charge >= 0.3 is 0 Å². The maximum Gasteiger partial charge on any atom is 0.171 e. The number of hydrogen-bond acceptors (Lipinski definition) is 4. The molecule has 2 atom stereocenters. The molecule has 0 bridgehead atoms. The number of fused-ring (bicyclic) bond motifs is 6. The monoisotopic (exact) mass is 459 g/mol. The van der Waals surface area contributed by atoms with Crippen molar-refractivity contribution in [3.05, 3.63) is 65.2 Å². The minimum atomic E-state index is -0.167. The number of nitrogens with zero attached hydrogens (tertiary/aromatic N) is 2. The van der Waals surface area contributed by atoms with Crippen molar-refractivity contribution < 1.29 is 13.9 Å². The van der Waals surface area contributed by atoms with Crippen molar-refractivity contribution in [3.63, 3.8) is 0 Å². The second kappa shape index (κ2) is 8.58. The van der Waals surface area contributed by atoms with E-state index in [-0.39, 0.29) is 11.9 Å². The molecule has 5 nitrogen and oxygen atoms in total. The number of benzene rings is 2. The molecule has 0 fully saturated rings. The zero-order valence-corrected chi connectivity index (χ0v) is 19.7. The Hall–Kier alpha value is -3.12. The van der Waals surface area contributed by atoms with Gasteiger partial charge in [0, 0.05) is 40.8 Å². The Balaban J connectivity index is 1.16. The summed E-state index contributed by atoms with van der Waals surface area (Å²) in [6, 6.07) is 13.1. The number of aromatic amines is 1. The maximum atomic E-state index is 13.9. The Morgan fingerprint density at radius 2 is 2.03 bits per heavy atom. The third-order valence-corrected chi connectivity index (χ3v) is 7.31. The summed E-state index contributed by atoms with van der Waals surface area (Å²) in [5, 5.41) is 2.04. The van der Waals surface area contributed by atoms with Crippen LogP contribution in [-0.4, -0.2) is 47.2 Å². The van der Waals surface area contributed by atoms with E-state index in [1.807, 2.05) is 31.2 Å². The third kappa shape index (κ3) is 3.90. The van der Waals surface area contributed by atoms with Gasteiger partial charge in [-0.1, -0.05) is 6.92 Å². The molecule has 0 saturated heterocycles. The van der Waals surface area contributed by atoms with E-state index in [4.69, 9.17) is 9.47 Å². The number of H-pyrrole nitrogens is 1. The van der Waals surface area contributed by atoms with E-state index >= 15 is 0 Å². The highest BCUT2D eigenvalue weighted by Gasteiger charge is 2.28. The first kappa shape index (κ1) is 21.4. The van der Waals surface area contributed by atoms with Crippen LogP contribution in [0.4, 0.5) is 4.39 Å². The molecule has 0 saturated carbocycles. The lowest BCUT2D eigenvalue weighted by atomic mass is 9.86. The molecule has 1 unspecified atom stereocenters. The molecule has 1 aliphatic heterocycles. The minimum absolute atomic E-state index is 0.0271. The molecule has 2 aromatic heterocycles. The fraction of sp³-hybridized carbons (Fsp3) is 0.393. The minimum Gasteiger partial charge on any atom is -0.486 e. The number of halogens is 1. The summed E-state index contributed by atoms with van der Waals surface area (Å²) >= 11 is 0. The van der Waals surface area contributed by atoms with Gasteiger partial charge in [0.2, 0.25) is 0 Å². The average molecular weight is 460 g/mol. The molecule has 0 amide bonds. The van der Waals surface area contributed by atoms with E-state index in [1.54, 1.807) is 6.07 Å². The van der Waals surface area contributed by atoms with Gasteiger partial charge in [0.15, 0.2) is 11.5 Å². The SMILES string of the molecule is CCN(CC1CCc2[nH]c3ccc(F)cc3c2C1)C[C@H]1COc2ccc3nc(C)ccc3c2O1. The normalized spacial score (nSPS) is 19.6. The lowest BCUT2D eigenvalue weighted by Gasteiger charge is -2.34. The smallest absolute Gasteiger partial charge is 0.171 e. The van der Waals surface area contributed by atoms with Crippen molar-refractivity contribution in [2.75, 3.05) is 26.2 Å². The highest BCUT2D eigenvalue weighted by Crippen LogP contribution is 2.39. The Labute approximate surface area is 198 Å². The van der Waals surface area contributed by atoms with Crippen LogP contribution in [0.5, 0.6) is 11.5 Å². The highest BCUT2D eigenvalue weighted by molar-refractivity contribution is 5.88. The number of nitrogens with one attached hydrogen (secondary N) is 1. The van der Waals surface area contributed by atoms with Crippen molar-refractivity contribution in [1.29, 1.82) is 0 Å². The molecule has 0 radical (unpaired) electrons. The van der Waals surface area contributed by atoms with Crippen molar-refractivity contribution in [2.24, 2.45) is 5.92 Å². The molecule has 4 aromatic rings. The predicted octanol–water partition coefficient (Wildman–Crippen LogP) is 5.43. The first-order valence-corrected chi connectivity index (χ1v) is 12.3. The van der Waals surface area contributed by atoms with Crippen molar-refractivity contribution in [1.82, 2.24) is 14.9 Å². The van der Waals surface area contributed by atoms with Gasteiger partial charge in [-0.05, 0) is 86.7 Å². The topological polar surface area (TPSA) is 50.4 Å². The third-order valence-electron chi connectivity index (χ3n) is 7.31. The van der Waals surface area contributed by atoms with Crippen molar-refractivity contribution in [3.8, 4) is 11.5 Å². The molecule has 2 aliphatic rings. The number of rotatable bonds is 5. The lowest BCUT2D eigenvalue weighted by molar-refractivity contribution is 0.0564. The van der Waals surface area contributed by atoms with E-state index in [9.17, 15) is 4.39 Å². The standard InChI is InChI=1S/C28H30FN3O2/c1-3-32(14-18-5-8-25-22(12-18)23-13-19(29)6-9-26(23)31-25)15-20-16-33-27-11-10-24-21(28(27)34-20)7-4-17(2)30-24/h4,6-7,9-11,13,18,20,31H,3,5,8,12,14-16H2,1-2H3/t18?,20-/m0/s1. The molecule has 176 valence electrons. The summed E-state index contributed by atoms with van der Waals surface area (Å²) in [5.74, 6) is 1.97. The van der Waals surface area contributed by atoms with E-state index in [2.05, 4.69) is 27.9 Å². The van der Waals surface area contributed by atoms with Gasteiger partial charge in [0.25, 0.3) is 0 Å². The Morgan fingerprint density at radius 1 is 1.12 bits per heavy atom. The van der Waals surface area contributed by atoms with Gasteiger partial charge in [-0.3, -0.25) is 9.88 Å². The number of pyridine rings is 1. The molecule has 0 spiro atoms. The molecule has 1 N–H and O–H groups in total. The first-order chi connectivity index (χ1) is 16.6. The fourth-order valence-corrected chi connectivity index (χ4v) is 5.57. The molecule has 3 heterocycles. The van der Waals surface area contributed by atoms with Crippen LogP contribution >= 0.6 is 0 Å². The van der Waals surface area contributed by atoms with Crippen LogP contribution in [0.25, 0.3) is 21.8 Å². The molecule has 6 rings (SSSR count). The molecule has 2 aromatic carbocycles. The van der Waals surface area contributed by atoms with Crippen LogP contribution in [0.1, 0.15) is 30.3 Å². The van der Waals surface area contributed by atoms with Crippen LogP contribution in [0, 0.1) is 18.7 Å². The molecular weight excluding hydrogens is 429 g/mol. The van der Waals surface area contributed by atoms with Gasteiger partial charge in [0.05, 0.1) is 5.52 Å². The molecular formula is C28H30FN3O2. The van der Waals surface area contributed by atoms with Crippen LogP contribution in [0.3, 0.4) is 0 Å².